The molecule has 1 N–H and O–H groups in total. The van der Waals surface area contributed by atoms with Crippen molar-refractivity contribution >= 4 is 40.2 Å². The van der Waals surface area contributed by atoms with Crippen molar-refractivity contribution in [2.45, 2.75) is 43.0 Å². The molecule has 0 aromatic heterocycles. The molecule has 4 atom stereocenters. The number of benzene rings is 2. The Morgan fingerprint density at radius 1 is 1.26 bits per heavy atom. The fraction of sp³-hybridized carbons (Fsp3) is 0.409. The summed E-state index contributed by atoms with van der Waals surface area (Å²) in [6.45, 7) is 5.56. The number of Topliss-reactive ketones (excluding diaryl/α,β-unsaturated/α-hetero) is 1. The zero-order valence-corrected chi connectivity index (χ0v) is 21.8. The molecule has 0 aliphatic carbocycles. The zero-order chi connectivity index (χ0) is 21.8. The SMILES string of the molecule is CCOc1ccc2ccccc2c1C(=O)[C@@H](O)[C@H]1C(=O)N2[C@@H]1SC(C)(C)[C@@H]2C(=O)[O-].[K+]. The monoisotopic (exact) mass is 467 g/mol. The van der Waals surface area contributed by atoms with Gasteiger partial charge in [0, 0.05) is 4.75 Å². The molecule has 7 nitrogen and oxygen atoms in total. The summed E-state index contributed by atoms with van der Waals surface area (Å²) in [7, 11) is 0. The number of rotatable bonds is 6. The third kappa shape index (κ3) is 3.99. The number of hydrogen-bond acceptors (Lipinski definition) is 7. The Morgan fingerprint density at radius 2 is 1.94 bits per heavy atom. The van der Waals surface area contributed by atoms with E-state index in [0.29, 0.717) is 17.7 Å². The number of hydrogen-bond donors (Lipinski definition) is 1. The molecular weight excluding hydrogens is 445 g/mol. The van der Waals surface area contributed by atoms with Crippen LogP contribution in [0.25, 0.3) is 10.8 Å². The molecule has 1 amide bonds. The Bertz CT molecular complexity index is 1060. The van der Waals surface area contributed by atoms with Crippen LogP contribution in [0.3, 0.4) is 0 Å². The van der Waals surface area contributed by atoms with Crippen molar-refractivity contribution in [3.8, 4) is 5.75 Å². The van der Waals surface area contributed by atoms with Crippen LogP contribution in [0.2, 0.25) is 0 Å². The minimum absolute atomic E-state index is 0. The molecule has 9 heteroatoms. The maximum absolute atomic E-state index is 13.4. The molecule has 2 heterocycles. The number of ether oxygens (including phenoxy) is 1. The Morgan fingerprint density at radius 3 is 2.58 bits per heavy atom. The summed E-state index contributed by atoms with van der Waals surface area (Å²) in [5, 5.41) is 23.4. The number of aliphatic hydroxyl groups is 1. The van der Waals surface area contributed by atoms with Crippen LogP contribution < -0.4 is 61.2 Å². The van der Waals surface area contributed by atoms with Crippen LogP contribution in [0.1, 0.15) is 31.1 Å². The first-order valence-corrected chi connectivity index (χ1v) is 10.6. The van der Waals surface area contributed by atoms with Crippen molar-refractivity contribution in [2.24, 2.45) is 5.92 Å². The van der Waals surface area contributed by atoms with Crippen molar-refractivity contribution in [3.05, 3.63) is 42.0 Å². The topological polar surface area (TPSA) is 107 Å². The van der Waals surface area contributed by atoms with Crippen LogP contribution in [0.5, 0.6) is 5.75 Å². The van der Waals surface area contributed by atoms with Gasteiger partial charge in [-0.15, -0.1) is 11.8 Å². The Hall–Kier alpha value is -0.944. The number of ketones is 1. The Labute approximate surface area is 226 Å². The average molecular weight is 468 g/mol. The summed E-state index contributed by atoms with van der Waals surface area (Å²) in [5.74, 6) is -3.17. The van der Waals surface area contributed by atoms with Crippen molar-refractivity contribution in [2.75, 3.05) is 6.61 Å². The third-order valence-corrected chi connectivity index (χ3v) is 7.34. The van der Waals surface area contributed by atoms with Gasteiger partial charge in [0.05, 0.1) is 29.6 Å². The van der Waals surface area contributed by atoms with Crippen molar-refractivity contribution in [3.63, 3.8) is 0 Å². The van der Waals surface area contributed by atoms with E-state index in [9.17, 15) is 24.6 Å². The van der Waals surface area contributed by atoms with Gasteiger partial charge in [-0.3, -0.25) is 9.59 Å². The third-order valence-electron chi connectivity index (χ3n) is 5.75. The van der Waals surface area contributed by atoms with E-state index in [-0.39, 0.29) is 56.9 Å². The summed E-state index contributed by atoms with van der Waals surface area (Å²) < 4.78 is 4.84. The quantitative estimate of drug-likeness (QED) is 0.304. The first-order valence-electron chi connectivity index (χ1n) is 9.76. The first-order chi connectivity index (χ1) is 14.2. The van der Waals surface area contributed by atoms with Crippen LogP contribution in [0.4, 0.5) is 0 Å². The van der Waals surface area contributed by atoms with Gasteiger partial charge in [0.15, 0.2) is 5.78 Å². The molecule has 4 rings (SSSR count). The summed E-state index contributed by atoms with van der Waals surface area (Å²) in [4.78, 5) is 38.9. The van der Waals surface area contributed by atoms with Crippen LogP contribution >= 0.6 is 11.8 Å². The number of nitrogens with zero attached hydrogens (tertiary/aromatic N) is 1. The summed E-state index contributed by atoms with van der Waals surface area (Å²) >= 11 is 1.27. The van der Waals surface area contributed by atoms with Gasteiger partial charge in [-0.05, 0) is 37.6 Å². The number of β-lactam (4-membered cyclic amide) rings is 1. The van der Waals surface area contributed by atoms with Crippen LogP contribution in [-0.4, -0.2) is 56.5 Å². The van der Waals surface area contributed by atoms with E-state index in [2.05, 4.69) is 0 Å². The van der Waals surface area contributed by atoms with E-state index in [1.165, 1.54) is 16.7 Å². The Balaban J connectivity index is 0.00000272. The molecule has 158 valence electrons. The number of carboxylic acids is 1. The molecule has 0 saturated carbocycles. The van der Waals surface area contributed by atoms with Gasteiger partial charge >= 0.3 is 51.4 Å². The number of carbonyl (C=O) groups excluding carboxylic acids is 3. The van der Waals surface area contributed by atoms with E-state index in [1.807, 2.05) is 18.2 Å². The number of carbonyl (C=O) groups is 3. The van der Waals surface area contributed by atoms with E-state index >= 15 is 0 Å². The number of amides is 1. The van der Waals surface area contributed by atoms with Crippen LogP contribution in [-0.2, 0) is 9.59 Å². The molecular formula is C22H22KNO6S. The summed E-state index contributed by atoms with van der Waals surface area (Å²) in [6, 6.07) is 9.67. The molecule has 31 heavy (non-hydrogen) atoms. The number of carboxylic acid groups (broad SMARTS) is 1. The molecule has 0 unspecified atom stereocenters. The molecule has 2 aromatic rings. The minimum atomic E-state index is -1.60. The number of aliphatic hydroxyl groups excluding tert-OH is 1. The van der Waals surface area contributed by atoms with Gasteiger partial charge in [0.2, 0.25) is 5.91 Å². The molecule has 0 bridgehead atoms. The fourth-order valence-electron chi connectivity index (χ4n) is 4.41. The number of aliphatic carboxylic acids is 1. The predicted octanol–water partition coefficient (Wildman–Crippen LogP) is -1.79. The smallest absolute Gasteiger partial charge is 0.548 e. The predicted molar refractivity (Wildman–Crippen MR) is 110 cm³/mol. The molecule has 2 fully saturated rings. The van der Waals surface area contributed by atoms with Gasteiger partial charge in [-0.25, -0.2) is 0 Å². The molecule has 0 radical (unpaired) electrons. The van der Waals surface area contributed by atoms with E-state index in [0.717, 1.165) is 5.39 Å². The second kappa shape index (κ2) is 9.13. The van der Waals surface area contributed by atoms with Gasteiger partial charge in [0.1, 0.15) is 17.8 Å². The van der Waals surface area contributed by atoms with Gasteiger partial charge in [0.25, 0.3) is 0 Å². The largest absolute Gasteiger partial charge is 1.00 e. The maximum atomic E-state index is 13.4. The molecule has 2 aliphatic heterocycles. The second-order valence-electron chi connectivity index (χ2n) is 8.01. The van der Waals surface area contributed by atoms with Crippen molar-refractivity contribution in [1.29, 1.82) is 0 Å². The Kier molecular flexibility index (Phi) is 7.27. The molecule has 2 aromatic carbocycles. The molecule has 2 aliphatic rings. The second-order valence-corrected chi connectivity index (χ2v) is 9.78. The van der Waals surface area contributed by atoms with Crippen LogP contribution in [0.15, 0.2) is 36.4 Å². The number of fused-ring (bicyclic) bond motifs is 2. The van der Waals surface area contributed by atoms with Gasteiger partial charge < -0.3 is 24.6 Å². The van der Waals surface area contributed by atoms with Gasteiger partial charge in [-0.1, -0.05) is 30.3 Å². The average Bonchev–Trinajstić information content (AvgIpc) is 2.95. The fourth-order valence-corrected chi connectivity index (χ4v) is 6.12. The standard InChI is InChI=1S/C22H23NO6S.K/c1-4-29-13-10-9-11-7-5-6-8-12(11)14(13)16(24)17(25)15-19(26)23-18(21(27)28)22(2,3)30-20(15)23;/h5-10,15,17-18,20,25H,4H2,1-3H3,(H,27,28);/q;+1/p-1/t15-,17-,18-,20+;/m0./s1. The summed E-state index contributed by atoms with van der Waals surface area (Å²) in [5.41, 5.74) is 0.229. The van der Waals surface area contributed by atoms with E-state index in [4.69, 9.17) is 4.74 Å². The van der Waals surface area contributed by atoms with E-state index < -0.39 is 45.8 Å². The van der Waals surface area contributed by atoms with Gasteiger partial charge in [-0.2, -0.15) is 0 Å². The molecule has 0 spiro atoms. The minimum Gasteiger partial charge on any atom is -0.548 e. The van der Waals surface area contributed by atoms with Crippen molar-refractivity contribution < 1.29 is 80.7 Å². The summed E-state index contributed by atoms with van der Waals surface area (Å²) in [6.07, 6.45) is -1.60. The maximum Gasteiger partial charge on any atom is 1.00 e. The van der Waals surface area contributed by atoms with E-state index in [1.54, 1.807) is 39.0 Å². The van der Waals surface area contributed by atoms with Crippen LogP contribution in [0, 0.1) is 5.92 Å². The number of thioether (sulfide) groups is 1. The zero-order valence-electron chi connectivity index (χ0n) is 17.8. The van der Waals surface area contributed by atoms with Crippen molar-refractivity contribution in [1.82, 2.24) is 4.90 Å². The molecule has 2 saturated heterocycles. The first kappa shape index (κ1) is 24.7. The normalized spacial score (nSPS) is 24.7.